The third-order valence-corrected chi connectivity index (χ3v) is 6.59. The maximum atomic E-state index is 12.2. The molecule has 2 aromatic carbocycles. The Morgan fingerprint density at radius 1 is 1.24 bits per heavy atom. The Morgan fingerprint density at radius 2 is 2.03 bits per heavy atom. The van der Waals surface area contributed by atoms with E-state index in [1.807, 2.05) is 26.0 Å². The first kappa shape index (κ1) is 23.6. The number of aliphatic hydroxyl groups is 1. The fraction of sp³-hybridized carbons (Fsp3) is 0.333. The Labute approximate surface area is 197 Å². The molecule has 0 aliphatic heterocycles. The van der Waals surface area contributed by atoms with E-state index in [9.17, 15) is 13.7 Å². The van der Waals surface area contributed by atoms with Crippen LogP contribution in [0.15, 0.2) is 45.3 Å². The summed E-state index contributed by atoms with van der Waals surface area (Å²) in [6.07, 6.45) is 1.17. The van der Waals surface area contributed by atoms with E-state index in [4.69, 9.17) is 14.4 Å². The third kappa shape index (κ3) is 5.00. The summed E-state index contributed by atoms with van der Waals surface area (Å²) in [6, 6.07) is 12.7. The van der Waals surface area contributed by atoms with Crippen LogP contribution in [0, 0.1) is 11.3 Å². The average Bonchev–Trinajstić information content (AvgIpc) is 3.45. The molecule has 10 heteroatoms. The highest BCUT2D eigenvalue weighted by Crippen LogP contribution is 2.33. The van der Waals surface area contributed by atoms with Crippen molar-refractivity contribution in [2.24, 2.45) is 4.40 Å². The molecule has 4 rings (SSSR count). The molecule has 0 radical (unpaired) electrons. The van der Waals surface area contributed by atoms with Crippen molar-refractivity contribution >= 4 is 15.7 Å². The van der Waals surface area contributed by atoms with Crippen LogP contribution in [-0.2, 0) is 16.4 Å². The predicted octanol–water partition coefficient (Wildman–Crippen LogP) is 3.51. The topological polar surface area (TPSA) is 139 Å². The fourth-order valence-electron chi connectivity index (χ4n) is 3.83. The maximum Gasteiger partial charge on any atom is 0.258 e. The lowest BCUT2D eigenvalue weighted by Crippen LogP contribution is -2.08. The Hall–Kier alpha value is -3.55. The van der Waals surface area contributed by atoms with Crippen molar-refractivity contribution in [3.8, 4) is 34.7 Å². The first-order valence-electron chi connectivity index (χ1n) is 10.9. The second kappa shape index (κ2) is 9.75. The minimum absolute atomic E-state index is 0.0637. The molecule has 0 spiro atoms. The molecule has 176 valence electrons. The number of hydrogen-bond acceptors (Lipinski definition) is 8. The van der Waals surface area contributed by atoms with Gasteiger partial charge in [0.15, 0.2) is 0 Å². The zero-order chi connectivity index (χ0) is 24.3. The van der Waals surface area contributed by atoms with Crippen LogP contribution < -0.4 is 4.74 Å². The molecule has 0 bridgehead atoms. The van der Waals surface area contributed by atoms with E-state index in [-0.39, 0.29) is 30.8 Å². The molecule has 0 unspecified atom stereocenters. The van der Waals surface area contributed by atoms with Gasteiger partial charge in [-0.25, -0.2) is 8.42 Å². The number of fused-ring (bicyclic) bond motifs is 1. The fourth-order valence-corrected chi connectivity index (χ4v) is 4.94. The summed E-state index contributed by atoms with van der Waals surface area (Å²) in [5.74, 6) is 0.931. The lowest BCUT2D eigenvalue weighted by Gasteiger charge is -2.11. The van der Waals surface area contributed by atoms with Gasteiger partial charge in [-0.05, 0) is 56.9 Å². The first-order valence-corrected chi connectivity index (χ1v) is 12.5. The molecule has 1 aromatic heterocycles. The number of sulfonamides is 1. The van der Waals surface area contributed by atoms with Crippen molar-refractivity contribution in [1.82, 2.24) is 10.1 Å². The summed E-state index contributed by atoms with van der Waals surface area (Å²) in [7, 11) is -3.66. The molecular formula is C24H24N4O5S. The summed E-state index contributed by atoms with van der Waals surface area (Å²) in [5, 5.41) is 22.5. The number of aromatic nitrogens is 2. The lowest BCUT2D eigenvalue weighted by atomic mass is 10.0. The van der Waals surface area contributed by atoms with Gasteiger partial charge >= 0.3 is 0 Å². The van der Waals surface area contributed by atoms with E-state index >= 15 is 0 Å². The van der Waals surface area contributed by atoms with Gasteiger partial charge in [-0.1, -0.05) is 23.4 Å². The van der Waals surface area contributed by atoms with E-state index in [1.54, 1.807) is 24.3 Å². The molecule has 0 fully saturated rings. The molecular weight excluding hydrogens is 456 g/mol. The molecule has 1 heterocycles. The second-order valence-electron chi connectivity index (χ2n) is 8.15. The molecule has 3 aromatic rings. The molecule has 1 N–H and O–H groups in total. The average molecular weight is 481 g/mol. The van der Waals surface area contributed by atoms with Crippen LogP contribution in [0.5, 0.6) is 5.75 Å². The summed E-state index contributed by atoms with van der Waals surface area (Å²) < 4.78 is 39.6. The van der Waals surface area contributed by atoms with Crippen molar-refractivity contribution in [3.05, 3.63) is 53.1 Å². The highest BCUT2D eigenvalue weighted by Gasteiger charge is 2.25. The number of rotatable bonds is 8. The number of nitrogens with zero attached hydrogens (tertiary/aromatic N) is 4. The SMILES string of the molecule is CC(C)Oc1ccc(-c2nc(-c3cccc4c3CCC4=NS(=O)(=O)CCCO)no2)cc1C#N. The Morgan fingerprint density at radius 3 is 2.76 bits per heavy atom. The van der Waals surface area contributed by atoms with Crippen molar-refractivity contribution in [2.75, 3.05) is 12.4 Å². The Balaban J connectivity index is 1.65. The van der Waals surface area contributed by atoms with E-state index in [1.165, 1.54) is 0 Å². The molecule has 0 saturated heterocycles. The Kier molecular flexibility index (Phi) is 6.77. The van der Waals surface area contributed by atoms with Gasteiger partial charge in [-0.2, -0.15) is 14.6 Å². The number of ether oxygens (including phenoxy) is 1. The molecule has 1 aliphatic carbocycles. The highest BCUT2D eigenvalue weighted by atomic mass is 32.2. The van der Waals surface area contributed by atoms with Gasteiger partial charge in [-0.3, -0.25) is 0 Å². The van der Waals surface area contributed by atoms with E-state index in [0.717, 1.165) is 16.7 Å². The van der Waals surface area contributed by atoms with E-state index in [0.29, 0.717) is 41.3 Å². The predicted molar refractivity (Wildman–Crippen MR) is 126 cm³/mol. The zero-order valence-electron chi connectivity index (χ0n) is 18.9. The van der Waals surface area contributed by atoms with E-state index in [2.05, 4.69) is 20.6 Å². The molecule has 1 aliphatic rings. The van der Waals surface area contributed by atoms with Crippen molar-refractivity contribution < 1.29 is 22.8 Å². The lowest BCUT2D eigenvalue weighted by molar-refractivity contribution is 0.241. The molecule has 0 amide bonds. The second-order valence-corrected chi connectivity index (χ2v) is 9.90. The number of benzene rings is 2. The van der Waals surface area contributed by atoms with Crippen LogP contribution >= 0.6 is 0 Å². The summed E-state index contributed by atoms with van der Waals surface area (Å²) >= 11 is 0. The smallest absolute Gasteiger partial charge is 0.258 e. The van der Waals surface area contributed by atoms with Crippen molar-refractivity contribution in [1.29, 1.82) is 5.26 Å². The molecule has 0 atom stereocenters. The normalized spacial score (nSPS) is 14.4. The highest BCUT2D eigenvalue weighted by molar-refractivity contribution is 7.90. The number of aliphatic hydroxyl groups excluding tert-OH is 1. The number of nitriles is 1. The van der Waals surface area contributed by atoms with Crippen LogP contribution in [-0.4, -0.2) is 47.8 Å². The van der Waals surface area contributed by atoms with Crippen LogP contribution in [0.2, 0.25) is 0 Å². The molecule has 9 nitrogen and oxygen atoms in total. The number of hydrogen-bond donors (Lipinski definition) is 1. The standard InChI is InChI=1S/C24H24N4O5S/c1-15(2)32-22-10-7-16(13-17(22)14-25)24-26-23(27-33-24)20-6-3-5-19-18(20)8-9-21(19)28-34(30,31)12-4-11-29/h3,5-7,10,13,15,29H,4,8-9,11-12H2,1-2H3. The van der Waals surface area contributed by atoms with E-state index < -0.39 is 10.0 Å². The first-order chi connectivity index (χ1) is 16.3. The Bertz CT molecular complexity index is 1390. The minimum Gasteiger partial charge on any atom is -0.490 e. The quantitative estimate of drug-likeness (QED) is 0.517. The third-order valence-electron chi connectivity index (χ3n) is 5.28. The van der Waals surface area contributed by atoms with Gasteiger partial charge in [-0.15, -0.1) is 0 Å². The molecule has 0 saturated carbocycles. The summed E-state index contributed by atoms with van der Waals surface area (Å²) in [4.78, 5) is 4.52. The monoisotopic (exact) mass is 480 g/mol. The van der Waals surface area contributed by atoms with Gasteiger partial charge in [0, 0.05) is 23.3 Å². The summed E-state index contributed by atoms with van der Waals surface area (Å²) in [6.45, 7) is 3.57. The van der Waals surface area contributed by atoms with Crippen LogP contribution in [0.4, 0.5) is 0 Å². The zero-order valence-corrected chi connectivity index (χ0v) is 19.7. The van der Waals surface area contributed by atoms with Crippen molar-refractivity contribution in [2.45, 2.75) is 39.2 Å². The molecule has 34 heavy (non-hydrogen) atoms. The van der Waals surface area contributed by atoms with Gasteiger partial charge in [0.1, 0.15) is 11.8 Å². The van der Waals surface area contributed by atoms with Gasteiger partial charge in [0.25, 0.3) is 15.9 Å². The van der Waals surface area contributed by atoms with Crippen molar-refractivity contribution in [3.63, 3.8) is 0 Å². The van der Waals surface area contributed by atoms with Gasteiger partial charge < -0.3 is 14.4 Å². The van der Waals surface area contributed by atoms with Gasteiger partial charge in [0.2, 0.25) is 5.82 Å². The van der Waals surface area contributed by atoms with Crippen LogP contribution in [0.1, 0.15) is 43.4 Å². The largest absolute Gasteiger partial charge is 0.490 e. The van der Waals surface area contributed by atoms with Gasteiger partial charge in [0.05, 0.1) is 23.1 Å². The summed E-state index contributed by atoms with van der Waals surface area (Å²) in [5.41, 5.74) is 3.86. The van der Waals surface area contributed by atoms with Crippen LogP contribution in [0.25, 0.3) is 22.8 Å². The maximum absolute atomic E-state index is 12.2. The minimum atomic E-state index is -3.66. The van der Waals surface area contributed by atoms with Crippen LogP contribution in [0.3, 0.4) is 0 Å².